The zero-order valence-corrected chi connectivity index (χ0v) is 18.7. The Bertz CT molecular complexity index is 1170. The second-order valence-corrected chi connectivity index (χ2v) is 8.24. The number of ether oxygens (including phenoxy) is 1. The third-order valence-corrected chi connectivity index (χ3v) is 5.54. The van der Waals surface area contributed by atoms with E-state index in [-0.39, 0.29) is 11.7 Å². The molecule has 1 heterocycles. The van der Waals surface area contributed by atoms with Crippen LogP contribution in [0.5, 0.6) is 5.75 Å². The van der Waals surface area contributed by atoms with Gasteiger partial charge in [0.15, 0.2) is 6.10 Å². The summed E-state index contributed by atoms with van der Waals surface area (Å²) >= 11 is 5.96. The van der Waals surface area contributed by atoms with Crippen LogP contribution in [0.3, 0.4) is 0 Å². The van der Waals surface area contributed by atoms with E-state index in [4.69, 9.17) is 16.3 Å². The second-order valence-electron chi connectivity index (χ2n) is 7.81. The van der Waals surface area contributed by atoms with Gasteiger partial charge in [-0.2, -0.15) is 0 Å². The number of anilines is 2. The molecule has 0 spiro atoms. The monoisotopic (exact) mass is 467 g/mol. The number of benzene rings is 3. The number of hydrogen-bond acceptors (Lipinski definition) is 3. The zero-order valence-electron chi connectivity index (χ0n) is 18.0. The minimum absolute atomic E-state index is 0.124. The van der Waals surface area contributed by atoms with Gasteiger partial charge < -0.3 is 20.3 Å². The van der Waals surface area contributed by atoms with Crippen LogP contribution in [0.4, 0.5) is 20.6 Å². The molecule has 3 aromatic carbocycles. The van der Waals surface area contributed by atoms with E-state index in [1.54, 1.807) is 66.4 Å². The van der Waals surface area contributed by atoms with Crippen LogP contribution in [0, 0.1) is 5.82 Å². The van der Waals surface area contributed by atoms with Crippen molar-refractivity contribution in [1.82, 2.24) is 4.90 Å². The third kappa shape index (κ3) is 5.81. The van der Waals surface area contributed by atoms with Gasteiger partial charge in [0.1, 0.15) is 11.6 Å². The van der Waals surface area contributed by atoms with Crippen molar-refractivity contribution in [2.45, 2.75) is 26.0 Å². The van der Waals surface area contributed by atoms with Gasteiger partial charge >= 0.3 is 6.03 Å². The average Bonchev–Trinajstić information content (AvgIpc) is 2.89. The van der Waals surface area contributed by atoms with E-state index in [2.05, 4.69) is 10.6 Å². The van der Waals surface area contributed by atoms with E-state index < -0.39 is 12.1 Å². The zero-order chi connectivity index (χ0) is 23.4. The minimum Gasteiger partial charge on any atom is -0.481 e. The van der Waals surface area contributed by atoms with Crippen LogP contribution >= 0.6 is 11.6 Å². The number of amides is 3. The summed E-state index contributed by atoms with van der Waals surface area (Å²) < 4.78 is 19.0. The minimum atomic E-state index is -0.635. The Kier molecular flexibility index (Phi) is 6.79. The van der Waals surface area contributed by atoms with Crippen molar-refractivity contribution < 1.29 is 18.7 Å². The highest BCUT2D eigenvalue weighted by molar-refractivity contribution is 6.30. The molecule has 170 valence electrons. The summed E-state index contributed by atoms with van der Waals surface area (Å²) in [5.74, 6) is 0.183. The van der Waals surface area contributed by atoms with Crippen molar-refractivity contribution in [3.8, 4) is 5.75 Å². The van der Waals surface area contributed by atoms with Crippen molar-refractivity contribution >= 4 is 34.9 Å². The van der Waals surface area contributed by atoms with Crippen LogP contribution in [-0.2, 0) is 17.8 Å². The quantitative estimate of drug-likeness (QED) is 0.522. The van der Waals surface area contributed by atoms with Crippen LogP contribution in [-0.4, -0.2) is 29.5 Å². The van der Waals surface area contributed by atoms with Gasteiger partial charge in [0.25, 0.3) is 5.91 Å². The van der Waals surface area contributed by atoms with Crippen molar-refractivity contribution in [2.24, 2.45) is 0 Å². The fourth-order valence-corrected chi connectivity index (χ4v) is 3.83. The smallest absolute Gasteiger partial charge is 0.323 e. The highest BCUT2D eigenvalue weighted by Crippen LogP contribution is 2.29. The first-order valence-corrected chi connectivity index (χ1v) is 10.9. The third-order valence-electron chi connectivity index (χ3n) is 5.31. The van der Waals surface area contributed by atoms with E-state index in [1.807, 2.05) is 0 Å². The fraction of sp³-hybridized carbons (Fsp3) is 0.200. The predicted molar refractivity (Wildman–Crippen MR) is 126 cm³/mol. The van der Waals surface area contributed by atoms with Gasteiger partial charge in [-0.05, 0) is 67.4 Å². The molecule has 6 nitrogen and oxygen atoms in total. The number of carbonyl (C=O) groups excluding carboxylic acids is 2. The first kappa shape index (κ1) is 22.6. The molecule has 2 N–H and O–H groups in total. The number of urea groups is 1. The number of nitrogens with zero attached hydrogens (tertiary/aromatic N) is 1. The first-order chi connectivity index (χ1) is 15.9. The fourth-order valence-electron chi connectivity index (χ4n) is 3.64. The maximum absolute atomic E-state index is 13.2. The molecule has 4 rings (SSSR count). The lowest BCUT2D eigenvalue weighted by Crippen LogP contribution is -2.39. The summed E-state index contributed by atoms with van der Waals surface area (Å²) in [5.41, 5.74) is 2.87. The van der Waals surface area contributed by atoms with Gasteiger partial charge in [-0.15, -0.1) is 0 Å². The topological polar surface area (TPSA) is 70.7 Å². The highest BCUT2D eigenvalue weighted by atomic mass is 35.5. The molecule has 3 aromatic rings. The van der Waals surface area contributed by atoms with Crippen LogP contribution in [0.25, 0.3) is 0 Å². The maximum atomic E-state index is 13.2. The summed E-state index contributed by atoms with van der Waals surface area (Å²) in [6.45, 7) is 2.52. The molecule has 0 radical (unpaired) electrons. The van der Waals surface area contributed by atoms with Crippen molar-refractivity contribution in [3.63, 3.8) is 0 Å². The molecule has 0 bridgehead atoms. The van der Waals surface area contributed by atoms with Crippen LogP contribution in [0.15, 0.2) is 66.7 Å². The van der Waals surface area contributed by atoms with E-state index in [0.29, 0.717) is 41.7 Å². The Balaban J connectivity index is 1.46. The van der Waals surface area contributed by atoms with Gasteiger partial charge in [0, 0.05) is 35.1 Å². The van der Waals surface area contributed by atoms with E-state index >= 15 is 0 Å². The van der Waals surface area contributed by atoms with E-state index in [9.17, 15) is 14.0 Å². The number of carbonyl (C=O) groups is 2. The molecule has 8 heteroatoms. The number of nitrogens with one attached hydrogen (secondary N) is 2. The molecular formula is C25H23ClFN3O3. The Labute approximate surface area is 196 Å². The molecule has 3 amide bonds. The van der Waals surface area contributed by atoms with Gasteiger partial charge in [-0.1, -0.05) is 29.8 Å². The SMILES string of the molecule is C[C@H]1Oc2ccc(NC(=O)Nc3cccc(Cl)c3)cc2CN(CCc2ccc(F)cc2)C1=O. The lowest BCUT2D eigenvalue weighted by molar-refractivity contribution is -0.137. The van der Waals surface area contributed by atoms with Crippen LogP contribution in [0.2, 0.25) is 5.02 Å². The molecule has 0 saturated carbocycles. The molecule has 0 aromatic heterocycles. The van der Waals surface area contributed by atoms with Crippen LogP contribution in [0.1, 0.15) is 18.1 Å². The van der Waals surface area contributed by atoms with Gasteiger partial charge in [0.05, 0.1) is 0 Å². The van der Waals surface area contributed by atoms with Crippen molar-refractivity contribution in [3.05, 3.63) is 88.7 Å². The van der Waals surface area contributed by atoms with Gasteiger partial charge in [0.2, 0.25) is 0 Å². The van der Waals surface area contributed by atoms with E-state index in [1.165, 1.54) is 12.1 Å². The molecule has 0 aliphatic carbocycles. The Hall–Kier alpha value is -3.58. The van der Waals surface area contributed by atoms with Crippen molar-refractivity contribution in [1.29, 1.82) is 0 Å². The highest BCUT2D eigenvalue weighted by Gasteiger charge is 2.27. The maximum Gasteiger partial charge on any atom is 0.323 e. The van der Waals surface area contributed by atoms with Gasteiger partial charge in [-0.3, -0.25) is 4.79 Å². The molecule has 0 fully saturated rings. The Morgan fingerprint density at radius 3 is 2.55 bits per heavy atom. The Morgan fingerprint density at radius 2 is 1.82 bits per heavy atom. The molecule has 0 saturated heterocycles. The largest absolute Gasteiger partial charge is 0.481 e. The number of fused-ring (bicyclic) bond motifs is 1. The molecule has 1 atom stereocenters. The summed E-state index contributed by atoms with van der Waals surface area (Å²) in [4.78, 5) is 26.9. The first-order valence-electron chi connectivity index (χ1n) is 10.5. The molecule has 0 unspecified atom stereocenters. The molecule has 1 aliphatic rings. The predicted octanol–water partition coefficient (Wildman–Crippen LogP) is 5.48. The van der Waals surface area contributed by atoms with E-state index in [0.717, 1.165) is 11.1 Å². The number of rotatable bonds is 5. The molecule has 1 aliphatic heterocycles. The number of halogens is 2. The van der Waals surface area contributed by atoms with Gasteiger partial charge in [-0.25, -0.2) is 9.18 Å². The summed E-state index contributed by atoms with van der Waals surface area (Å²) in [5, 5.41) is 6.05. The normalized spacial score (nSPS) is 15.3. The summed E-state index contributed by atoms with van der Waals surface area (Å²) in [6, 6.07) is 18.0. The average molecular weight is 468 g/mol. The summed E-state index contributed by atoms with van der Waals surface area (Å²) in [6.07, 6.45) is -0.0435. The van der Waals surface area contributed by atoms with Crippen molar-refractivity contribution in [2.75, 3.05) is 17.2 Å². The molecular weight excluding hydrogens is 445 g/mol. The second kappa shape index (κ2) is 9.92. The standard InChI is InChI=1S/C25H23ClFN3O3/c1-16-24(31)30(12-11-17-5-7-20(27)8-6-17)15-18-13-22(9-10-23(18)33-16)29-25(32)28-21-4-2-3-19(26)14-21/h2-10,13-14,16H,11-12,15H2,1H3,(H2,28,29,32)/t16-/m1/s1. The lowest BCUT2D eigenvalue weighted by Gasteiger charge is -2.22. The summed E-state index contributed by atoms with van der Waals surface area (Å²) in [7, 11) is 0. The molecule has 33 heavy (non-hydrogen) atoms. The Morgan fingerprint density at radius 1 is 1.09 bits per heavy atom. The lowest BCUT2D eigenvalue weighted by atomic mass is 10.1. The van der Waals surface area contributed by atoms with Crippen LogP contribution < -0.4 is 15.4 Å². The number of hydrogen-bond donors (Lipinski definition) is 2.